The highest BCUT2D eigenvalue weighted by Crippen LogP contribution is 2.33. The van der Waals surface area contributed by atoms with Gasteiger partial charge in [0.1, 0.15) is 6.33 Å². The lowest BCUT2D eigenvalue weighted by Crippen LogP contribution is -2.23. The molecular weight excluding hydrogens is 366 g/mol. The molecule has 5 heterocycles. The van der Waals surface area contributed by atoms with Crippen molar-refractivity contribution < 1.29 is 4.52 Å². The van der Waals surface area contributed by atoms with Crippen LogP contribution in [0.2, 0.25) is 0 Å². The van der Waals surface area contributed by atoms with Gasteiger partial charge in [-0.25, -0.2) is 9.97 Å². The summed E-state index contributed by atoms with van der Waals surface area (Å²) in [7, 11) is 0. The molecule has 0 bridgehead atoms. The first-order chi connectivity index (χ1) is 14.4. The molecule has 8 nitrogen and oxygen atoms in total. The van der Waals surface area contributed by atoms with E-state index in [1.54, 1.807) is 18.6 Å². The van der Waals surface area contributed by atoms with Gasteiger partial charge in [0.25, 0.3) is 0 Å². The van der Waals surface area contributed by atoms with Crippen molar-refractivity contribution in [2.45, 2.75) is 25.4 Å². The summed E-state index contributed by atoms with van der Waals surface area (Å²) >= 11 is 0. The summed E-state index contributed by atoms with van der Waals surface area (Å²) in [6.07, 6.45) is 12.5. The van der Waals surface area contributed by atoms with Crippen molar-refractivity contribution in [3.05, 3.63) is 73.0 Å². The van der Waals surface area contributed by atoms with Gasteiger partial charge in [-0.15, -0.1) is 0 Å². The topological polar surface area (TPSA) is 93.7 Å². The van der Waals surface area contributed by atoms with Crippen LogP contribution in [0.1, 0.15) is 30.3 Å². The lowest BCUT2D eigenvalue weighted by molar-refractivity contribution is 0.201. The predicted octanol–water partition coefficient (Wildman–Crippen LogP) is 3.32. The summed E-state index contributed by atoms with van der Waals surface area (Å²) in [6, 6.07) is 8.07. The fourth-order valence-electron chi connectivity index (χ4n) is 3.63. The maximum atomic E-state index is 5.62. The van der Waals surface area contributed by atoms with E-state index in [4.69, 9.17) is 4.52 Å². The van der Waals surface area contributed by atoms with Crippen LogP contribution in [-0.2, 0) is 6.54 Å². The Morgan fingerprint density at radius 3 is 2.62 bits per heavy atom. The van der Waals surface area contributed by atoms with Gasteiger partial charge in [-0.3, -0.25) is 14.9 Å². The Labute approximate surface area is 167 Å². The molecule has 4 aromatic heterocycles. The van der Waals surface area contributed by atoms with Crippen LogP contribution in [0, 0.1) is 0 Å². The number of hydrogen-bond donors (Lipinski definition) is 0. The van der Waals surface area contributed by atoms with E-state index in [1.807, 2.05) is 36.7 Å². The molecule has 0 aliphatic carbocycles. The Balaban J connectivity index is 1.33. The maximum Gasteiger partial charge on any atom is 0.244 e. The van der Waals surface area contributed by atoms with E-state index in [0.717, 1.165) is 42.8 Å². The Bertz CT molecular complexity index is 1070. The van der Waals surface area contributed by atoms with Gasteiger partial charge in [-0.05, 0) is 49.2 Å². The smallest absolute Gasteiger partial charge is 0.244 e. The van der Waals surface area contributed by atoms with E-state index < -0.39 is 0 Å². The normalized spacial score (nSPS) is 16.9. The quantitative estimate of drug-likeness (QED) is 0.516. The Hall–Kier alpha value is -3.52. The molecule has 29 heavy (non-hydrogen) atoms. The average molecular weight is 385 g/mol. The van der Waals surface area contributed by atoms with Gasteiger partial charge < -0.3 is 4.52 Å². The van der Waals surface area contributed by atoms with Gasteiger partial charge >= 0.3 is 0 Å². The molecule has 0 N–H and O–H groups in total. The van der Waals surface area contributed by atoms with Crippen LogP contribution in [0.4, 0.5) is 0 Å². The van der Waals surface area contributed by atoms with E-state index in [-0.39, 0.29) is 6.04 Å². The number of nitrogens with zero attached hydrogens (tertiary/aromatic N) is 7. The zero-order valence-corrected chi connectivity index (χ0v) is 15.7. The van der Waals surface area contributed by atoms with E-state index in [1.165, 1.54) is 11.9 Å². The summed E-state index contributed by atoms with van der Waals surface area (Å²) in [4.78, 5) is 23.7. The Morgan fingerprint density at radius 1 is 0.966 bits per heavy atom. The molecule has 0 amide bonds. The minimum absolute atomic E-state index is 0.137. The summed E-state index contributed by atoms with van der Waals surface area (Å²) in [5, 5.41) is 4.19. The molecule has 4 aromatic rings. The molecule has 1 aliphatic rings. The number of aromatic nitrogens is 6. The largest absolute Gasteiger partial charge is 0.337 e. The van der Waals surface area contributed by atoms with Crippen molar-refractivity contribution in [2.24, 2.45) is 0 Å². The van der Waals surface area contributed by atoms with E-state index >= 15 is 0 Å². The maximum absolute atomic E-state index is 5.62. The lowest BCUT2D eigenvalue weighted by atomic mass is 10.2. The van der Waals surface area contributed by atoms with Crippen molar-refractivity contribution in [3.8, 4) is 22.6 Å². The molecule has 0 spiro atoms. The zero-order valence-electron chi connectivity index (χ0n) is 15.7. The third-order valence-corrected chi connectivity index (χ3v) is 5.10. The number of hydrogen-bond acceptors (Lipinski definition) is 8. The highest BCUT2D eigenvalue weighted by Gasteiger charge is 2.30. The van der Waals surface area contributed by atoms with Gasteiger partial charge in [-0.2, -0.15) is 4.98 Å². The number of rotatable bonds is 5. The van der Waals surface area contributed by atoms with E-state index in [9.17, 15) is 0 Å². The second-order valence-corrected chi connectivity index (χ2v) is 7.00. The molecule has 1 fully saturated rings. The molecule has 5 rings (SSSR count). The van der Waals surface area contributed by atoms with Crippen LogP contribution in [-0.4, -0.2) is 41.5 Å². The van der Waals surface area contributed by atoms with Gasteiger partial charge in [0.2, 0.25) is 11.7 Å². The third-order valence-electron chi connectivity index (χ3n) is 5.10. The SMILES string of the molecule is c1cc(CN2CCC[C@H]2c2nc(-c3ccc(-c4cncnc4)nc3)no2)ccn1. The third kappa shape index (κ3) is 3.74. The van der Waals surface area contributed by atoms with Gasteiger partial charge in [0.15, 0.2) is 0 Å². The van der Waals surface area contributed by atoms with Crippen molar-refractivity contribution in [1.82, 2.24) is 35.0 Å². The van der Waals surface area contributed by atoms with Gasteiger partial charge in [0, 0.05) is 48.7 Å². The fraction of sp³-hybridized carbons (Fsp3) is 0.238. The van der Waals surface area contributed by atoms with Gasteiger partial charge in [0.05, 0.1) is 11.7 Å². The standard InChI is InChI=1S/C21H19N7O/c1-2-19(28(9-1)13-15-5-7-22-8-6-15)21-26-20(27-29-21)16-3-4-18(25-12-16)17-10-23-14-24-11-17/h3-8,10-12,14,19H,1-2,9,13H2/t19-/m0/s1. The first kappa shape index (κ1) is 17.6. The monoisotopic (exact) mass is 385 g/mol. The summed E-state index contributed by atoms with van der Waals surface area (Å²) < 4.78 is 5.62. The van der Waals surface area contributed by atoms with Crippen molar-refractivity contribution in [1.29, 1.82) is 0 Å². The molecule has 0 radical (unpaired) electrons. The van der Waals surface area contributed by atoms with Crippen LogP contribution >= 0.6 is 0 Å². The van der Waals surface area contributed by atoms with E-state index in [0.29, 0.717) is 11.7 Å². The molecule has 1 atom stereocenters. The molecule has 1 saturated heterocycles. The second-order valence-electron chi connectivity index (χ2n) is 7.00. The summed E-state index contributed by atoms with van der Waals surface area (Å²) in [5.74, 6) is 1.21. The first-order valence-corrected chi connectivity index (χ1v) is 9.55. The molecule has 144 valence electrons. The van der Waals surface area contributed by atoms with Crippen LogP contribution in [0.15, 0.2) is 66.1 Å². The van der Waals surface area contributed by atoms with E-state index in [2.05, 4.69) is 35.0 Å². The summed E-state index contributed by atoms with van der Waals surface area (Å²) in [5.41, 5.74) is 3.72. The highest BCUT2D eigenvalue weighted by atomic mass is 16.5. The Morgan fingerprint density at radius 2 is 1.83 bits per heavy atom. The predicted molar refractivity (Wildman–Crippen MR) is 105 cm³/mol. The van der Waals surface area contributed by atoms with Crippen LogP contribution in [0.5, 0.6) is 0 Å². The fourth-order valence-corrected chi connectivity index (χ4v) is 3.63. The summed E-state index contributed by atoms with van der Waals surface area (Å²) in [6.45, 7) is 1.86. The van der Waals surface area contributed by atoms with Crippen molar-refractivity contribution in [2.75, 3.05) is 6.54 Å². The first-order valence-electron chi connectivity index (χ1n) is 9.55. The van der Waals surface area contributed by atoms with Crippen molar-refractivity contribution in [3.63, 3.8) is 0 Å². The molecule has 0 saturated carbocycles. The van der Waals surface area contributed by atoms with Crippen LogP contribution < -0.4 is 0 Å². The average Bonchev–Trinajstić information content (AvgIpc) is 3.45. The lowest BCUT2D eigenvalue weighted by Gasteiger charge is -2.21. The minimum atomic E-state index is 0.137. The Kier molecular flexibility index (Phi) is 4.75. The number of pyridine rings is 2. The zero-order chi connectivity index (χ0) is 19.5. The molecule has 0 aromatic carbocycles. The second kappa shape index (κ2) is 7.84. The minimum Gasteiger partial charge on any atom is -0.337 e. The van der Waals surface area contributed by atoms with Crippen LogP contribution in [0.25, 0.3) is 22.6 Å². The van der Waals surface area contributed by atoms with Gasteiger partial charge in [-0.1, -0.05) is 5.16 Å². The van der Waals surface area contributed by atoms with Crippen LogP contribution in [0.3, 0.4) is 0 Å². The molecule has 0 unspecified atom stereocenters. The highest BCUT2D eigenvalue weighted by molar-refractivity contribution is 5.61. The number of likely N-dealkylation sites (tertiary alicyclic amines) is 1. The molecular formula is C21H19N7O. The van der Waals surface area contributed by atoms with Crippen molar-refractivity contribution >= 4 is 0 Å². The molecule has 8 heteroatoms. The molecule has 1 aliphatic heterocycles.